The summed E-state index contributed by atoms with van der Waals surface area (Å²) in [6.45, 7) is 1.58. The minimum absolute atomic E-state index is 0.0975. The van der Waals surface area contributed by atoms with E-state index in [1.54, 1.807) is 6.92 Å². The van der Waals surface area contributed by atoms with Gasteiger partial charge in [-0.3, -0.25) is 4.79 Å². The number of hydrogen-bond donors (Lipinski definition) is 0. The minimum atomic E-state index is -0.291. The summed E-state index contributed by atoms with van der Waals surface area (Å²) in [5.41, 5.74) is 1.17. The monoisotopic (exact) mass is 212 g/mol. The fraction of sp³-hybridized carbons (Fsp3) is 0.214. The summed E-state index contributed by atoms with van der Waals surface area (Å²) < 4.78 is 5.63. The van der Waals surface area contributed by atoms with E-state index >= 15 is 0 Å². The zero-order valence-corrected chi connectivity index (χ0v) is 9.07. The predicted octanol–water partition coefficient (Wildman–Crippen LogP) is 2.73. The van der Waals surface area contributed by atoms with Crippen LogP contribution in [0.4, 0.5) is 0 Å². The summed E-state index contributed by atoms with van der Waals surface area (Å²) in [6.07, 6.45) is 0.409. The third kappa shape index (κ3) is 1.30. The van der Waals surface area contributed by atoms with E-state index in [2.05, 4.69) is 12.1 Å². The van der Waals surface area contributed by atoms with Crippen molar-refractivity contribution in [2.75, 3.05) is 0 Å². The third-order valence-electron chi connectivity index (χ3n) is 3.11. The van der Waals surface area contributed by atoms with E-state index in [1.807, 2.05) is 24.3 Å². The molecule has 2 nitrogen and oxygen atoms in total. The van der Waals surface area contributed by atoms with Crippen LogP contribution in [0.3, 0.4) is 0 Å². The standard InChI is InChI=1S/C14H12O2/c1-9(15)14-8-12-11-5-3-2-4-10(11)6-7-13(12)16-14/h2-7,14H,8H2,1H3/t14-/m0/s1. The van der Waals surface area contributed by atoms with Gasteiger partial charge in [0.2, 0.25) is 0 Å². The van der Waals surface area contributed by atoms with Crippen molar-refractivity contribution in [3.63, 3.8) is 0 Å². The van der Waals surface area contributed by atoms with Crippen LogP contribution in [0.1, 0.15) is 12.5 Å². The molecule has 1 heterocycles. The molecule has 0 bridgehead atoms. The Morgan fingerprint density at radius 3 is 2.88 bits per heavy atom. The number of carbonyl (C=O) groups excluding carboxylic acids is 1. The zero-order chi connectivity index (χ0) is 11.1. The van der Waals surface area contributed by atoms with Crippen molar-refractivity contribution in [2.45, 2.75) is 19.4 Å². The first-order valence-corrected chi connectivity index (χ1v) is 5.43. The van der Waals surface area contributed by atoms with Crippen molar-refractivity contribution in [1.29, 1.82) is 0 Å². The molecule has 0 amide bonds. The molecule has 2 aromatic rings. The van der Waals surface area contributed by atoms with Gasteiger partial charge in [-0.15, -0.1) is 0 Å². The van der Waals surface area contributed by atoms with Gasteiger partial charge in [-0.05, 0) is 23.8 Å². The molecule has 0 radical (unpaired) electrons. The topological polar surface area (TPSA) is 26.3 Å². The van der Waals surface area contributed by atoms with Crippen molar-refractivity contribution < 1.29 is 9.53 Å². The summed E-state index contributed by atoms with van der Waals surface area (Å²) in [5.74, 6) is 0.958. The number of ketones is 1. The lowest BCUT2D eigenvalue weighted by atomic mass is 10.0. The summed E-state index contributed by atoms with van der Waals surface area (Å²) in [5, 5.41) is 2.40. The van der Waals surface area contributed by atoms with Crippen molar-refractivity contribution in [3.8, 4) is 5.75 Å². The van der Waals surface area contributed by atoms with Gasteiger partial charge in [-0.25, -0.2) is 0 Å². The Bertz CT molecular complexity index is 572. The van der Waals surface area contributed by atoms with Gasteiger partial charge in [0.1, 0.15) is 5.75 Å². The minimum Gasteiger partial charge on any atom is -0.482 e. The number of fused-ring (bicyclic) bond motifs is 3. The molecule has 0 fully saturated rings. The Morgan fingerprint density at radius 1 is 1.25 bits per heavy atom. The number of rotatable bonds is 1. The van der Waals surface area contributed by atoms with Crippen molar-refractivity contribution in [2.24, 2.45) is 0 Å². The van der Waals surface area contributed by atoms with Crippen LogP contribution in [-0.2, 0) is 11.2 Å². The highest BCUT2D eigenvalue weighted by Gasteiger charge is 2.27. The second-order valence-corrected chi connectivity index (χ2v) is 4.18. The molecule has 3 rings (SSSR count). The molecule has 0 aliphatic carbocycles. The Hall–Kier alpha value is -1.83. The van der Waals surface area contributed by atoms with Crippen molar-refractivity contribution in [3.05, 3.63) is 42.0 Å². The van der Waals surface area contributed by atoms with Gasteiger partial charge in [0.25, 0.3) is 0 Å². The molecule has 1 atom stereocenters. The lowest BCUT2D eigenvalue weighted by molar-refractivity contribution is -0.122. The second-order valence-electron chi connectivity index (χ2n) is 4.18. The molecule has 1 aliphatic heterocycles. The van der Waals surface area contributed by atoms with E-state index in [9.17, 15) is 4.79 Å². The summed E-state index contributed by atoms with van der Waals surface area (Å²) in [4.78, 5) is 11.3. The lowest BCUT2D eigenvalue weighted by Crippen LogP contribution is -2.21. The molecule has 1 aliphatic rings. The van der Waals surface area contributed by atoms with E-state index in [0.29, 0.717) is 6.42 Å². The Labute approximate surface area is 93.8 Å². The molecular formula is C14H12O2. The van der Waals surface area contributed by atoms with Crippen LogP contribution in [0.15, 0.2) is 36.4 Å². The number of Topliss-reactive ketones (excluding diaryl/α,β-unsaturated/α-hetero) is 1. The third-order valence-corrected chi connectivity index (χ3v) is 3.11. The highest BCUT2D eigenvalue weighted by molar-refractivity contribution is 5.90. The first-order valence-electron chi connectivity index (χ1n) is 5.43. The van der Waals surface area contributed by atoms with E-state index < -0.39 is 0 Å². The molecule has 0 N–H and O–H groups in total. The molecule has 0 saturated carbocycles. The number of ether oxygens (including phenoxy) is 1. The van der Waals surface area contributed by atoms with E-state index in [-0.39, 0.29) is 11.9 Å². The first-order chi connectivity index (χ1) is 7.75. The van der Waals surface area contributed by atoms with Gasteiger partial charge in [0, 0.05) is 12.0 Å². The normalized spacial score (nSPS) is 18.2. The van der Waals surface area contributed by atoms with Crippen molar-refractivity contribution >= 4 is 16.6 Å². The van der Waals surface area contributed by atoms with Gasteiger partial charge in [0.05, 0.1) is 0 Å². The molecule has 0 aromatic heterocycles. The van der Waals surface area contributed by atoms with Gasteiger partial charge in [0.15, 0.2) is 11.9 Å². The van der Waals surface area contributed by atoms with E-state index in [1.165, 1.54) is 16.3 Å². The largest absolute Gasteiger partial charge is 0.482 e. The van der Waals surface area contributed by atoms with Crippen LogP contribution >= 0.6 is 0 Å². The van der Waals surface area contributed by atoms with Gasteiger partial charge < -0.3 is 4.74 Å². The van der Waals surface area contributed by atoms with Gasteiger partial charge in [-0.1, -0.05) is 30.3 Å². The molecule has 0 spiro atoms. The summed E-state index contributed by atoms with van der Waals surface area (Å²) in [6, 6.07) is 12.2. The quantitative estimate of drug-likeness (QED) is 0.726. The van der Waals surface area contributed by atoms with Gasteiger partial charge >= 0.3 is 0 Å². The molecule has 2 heteroatoms. The van der Waals surface area contributed by atoms with E-state index in [0.717, 1.165) is 5.75 Å². The fourth-order valence-corrected chi connectivity index (χ4v) is 2.24. The maximum absolute atomic E-state index is 11.3. The lowest BCUT2D eigenvalue weighted by Gasteiger charge is -2.04. The zero-order valence-electron chi connectivity index (χ0n) is 9.07. The number of carbonyl (C=O) groups is 1. The Balaban J connectivity index is 2.17. The van der Waals surface area contributed by atoms with Crippen LogP contribution < -0.4 is 4.74 Å². The molecule has 80 valence electrons. The smallest absolute Gasteiger partial charge is 0.170 e. The summed E-state index contributed by atoms with van der Waals surface area (Å²) >= 11 is 0. The molecule has 16 heavy (non-hydrogen) atoms. The van der Waals surface area contributed by atoms with E-state index in [4.69, 9.17) is 4.74 Å². The molecule has 0 unspecified atom stereocenters. The Kier molecular flexibility index (Phi) is 1.96. The van der Waals surface area contributed by atoms with Crippen LogP contribution in [0, 0.1) is 0 Å². The maximum atomic E-state index is 11.3. The maximum Gasteiger partial charge on any atom is 0.170 e. The highest BCUT2D eigenvalue weighted by Crippen LogP contribution is 2.35. The molecular weight excluding hydrogens is 200 g/mol. The van der Waals surface area contributed by atoms with Crippen LogP contribution in [0.5, 0.6) is 5.75 Å². The average molecular weight is 212 g/mol. The van der Waals surface area contributed by atoms with Crippen LogP contribution in [0.25, 0.3) is 10.8 Å². The SMILES string of the molecule is CC(=O)[C@@H]1Cc2c(ccc3ccccc23)O1. The Morgan fingerprint density at radius 2 is 2.06 bits per heavy atom. The van der Waals surface area contributed by atoms with Crippen LogP contribution in [-0.4, -0.2) is 11.9 Å². The second kappa shape index (κ2) is 3.34. The fourth-order valence-electron chi connectivity index (χ4n) is 2.24. The molecule has 2 aromatic carbocycles. The first kappa shape index (κ1) is 9.40. The number of hydrogen-bond acceptors (Lipinski definition) is 2. The summed E-state index contributed by atoms with van der Waals surface area (Å²) in [7, 11) is 0. The highest BCUT2D eigenvalue weighted by atomic mass is 16.5. The van der Waals surface area contributed by atoms with Gasteiger partial charge in [-0.2, -0.15) is 0 Å². The average Bonchev–Trinajstić information content (AvgIpc) is 2.73. The molecule has 0 saturated heterocycles. The van der Waals surface area contributed by atoms with Crippen LogP contribution in [0.2, 0.25) is 0 Å². The van der Waals surface area contributed by atoms with Crippen molar-refractivity contribution in [1.82, 2.24) is 0 Å². The predicted molar refractivity (Wildman–Crippen MR) is 62.7 cm³/mol. The number of benzene rings is 2.